The van der Waals surface area contributed by atoms with Gasteiger partial charge in [-0.05, 0) is 13.3 Å². The summed E-state index contributed by atoms with van der Waals surface area (Å²) < 4.78 is 0. The summed E-state index contributed by atoms with van der Waals surface area (Å²) in [6.07, 6.45) is 5.46. The SMILES string of the molecule is CCCc1nc(Cl)c(C)c(NCc2cn[nH]c2)n1. The zero-order valence-corrected chi connectivity index (χ0v) is 11.3. The van der Waals surface area contributed by atoms with Crippen LogP contribution in [-0.2, 0) is 13.0 Å². The van der Waals surface area contributed by atoms with E-state index in [-0.39, 0.29) is 0 Å². The highest BCUT2D eigenvalue weighted by Crippen LogP contribution is 2.20. The second-order valence-corrected chi connectivity index (χ2v) is 4.47. The third kappa shape index (κ3) is 2.98. The molecule has 0 fully saturated rings. The molecule has 0 saturated heterocycles. The molecule has 0 amide bonds. The molecule has 0 aromatic carbocycles. The number of hydrogen-bond donors (Lipinski definition) is 2. The number of anilines is 1. The molecule has 6 heteroatoms. The molecule has 2 N–H and O–H groups in total. The number of aryl methyl sites for hydroxylation is 1. The Hall–Kier alpha value is -1.62. The molecule has 0 atom stereocenters. The van der Waals surface area contributed by atoms with Crippen molar-refractivity contribution >= 4 is 17.4 Å². The van der Waals surface area contributed by atoms with Crippen LogP contribution in [0, 0.1) is 6.92 Å². The van der Waals surface area contributed by atoms with Gasteiger partial charge >= 0.3 is 0 Å². The van der Waals surface area contributed by atoms with Crippen molar-refractivity contribution < 1.29 is 0 Å². The number of hydrogen-bond acceptors (Lipinski definition) is 4. The Kier molecular flexibility index (Phi) is 4.15. The van der Waals surface area contributed by atoms with Gasteiger partial charge in [0.25, 0.3) is 0 Å². The maximum absolute atomic E-state index is 6.11. The van der Waals surface area contributed by atoms with Gasteiger partial charge in [0.2, 0.25) is 0 Å². The minimum atomic E-state index is 0.517. The van der Waals surface area contributed by atoms with Crippen molar-refractivity contribution in [2.75, 3.05) is 5.32 Å². The second-order valence-electron chi connectivity index (χ2n) is 4.11. The van der Waals surface area contributed by atoms with E-state index < -0.39 is 0 Å². The van der Waals surface area contributed by atoms with Gasteiger partial charge in [-0.2, -0.15) is 5.10 Å². The molecule has 0 bridgehead atoms. The van der Waals surface area contributed by atoms with Gasteiger partial charge in [-0.3, -0.25) is 5.10 Å². The largest absolute Gasteiger partial charge is 0.366 e. The molecule has 96 valence electrons. The molecule has 0 aliphatic heterocycles. The fourth-order valence-electron chi connectivity index (χ4n) is 1.60. The summed E-state index contributed by atoms with van der Waals surface area (Å²) in [7, 11) is 0. The van der Waals surface area contributed by atoms with Gasteiger partial charge in [-0.15, -0.1) is 0 Å². The lowest BCUT2D eigenvalue weighted by Gasteiger charge is -2.10. The smallest absolute Gasteiger partial charge is 0.137 e. The standard InChI is InChI=1S/C12H16ClN5/c1-3-4-10-17-11(13)8(2)12(18-10)14-5-9-6-15-16-7-9/h6-7H,3-5H2,1-2H3,(H,15,16)(H,14,17,18). The number of halogens is 1. The zero-order chi connectivity index (χ0) is 13.0. The third-order valence-corrected chi connectivity index (χ3v) is 2.99. The summed E-state index contributed by atoms with van der Waals surface area (Å²) in [4.78, 5) is 8.75. The molecule has 2 aromatic rings. The maximum atomic E-state index is 6.11. The normalized spacial score (nSPS) is 10.6. The minimum absolute atomic E-state index is 0.517. The first-order valence-electron chi connectivity index (χ1n) is 5.95. The molecular weight excluding hydrogens is 250 g/mol. The lowest BCUT2D eigenvalue weighted by molar-refractivity contribution is 0.830. The third-order valence-electron chi connectivity index (χ3n) is 2.62. The minimum Gasteiger partial charge on any atom is -0.366 e. The Morgan fingerprint density at radius 3 is 2.89 bits per heavy atom. The molecule has 2 aromatic heterocycles. The van der Waals surface area contributed by atoms with E-state index in [2.05, 4.69) is 32.4 Å². The molecule has 0 saturated carbocycles. The van der Waals surface area contributed by atoms with Gasteiger partial charge in [-0.25, -0.2) is 9.97 Å². The van der Waals surface area contributed by atoms with Gasteiger partial charge in [-0.1, -0.05) is 18.5 Å². The topological polar surface area (TPSA) is 66.5 Å². The van der Waals surface area contributed by atoms with Crippen molar-refractivity contribution in [3.63, 3.8) is 0 Å². The van der Waals surface area contributed by atoms with E-state index in [0.29, 0.717) is 11.7 Å². The first kappa shape index (κ1) is 12.8. The van der Waals surface area contributed by atoms with E-state index in [1.54, 1.807) is 6.20 Å². The summed E-state index contributed by atoms with van der Waals surface area (Å²) in [6, 6.07) is 0. The van der Waals surface area contributed by atoms with Crippen molar-refractivity contribution in [2.45, 2.75) is 33.2 Å². The van der Waals surface area contributed by atoms with Crippen LogP contribution in [0.1, 0.15) is 30.3 Å². The average molecular weight is 266 g/mol. The Labute approximate surface area is 111 Å². The van der Waals surface area contributed by atoms with Crippen LogP contribution < -0.4 is 5.32 Å². The molecule has 0 aliphatic carbocycles. The predicted octanol–water partition coefficient (Wildman–Crippen LogP) is 2.73. The van der Waals surface area contributed by atoms with Crippen LogP contribution in [0.2, 0.25) is 5.15 Å². The van der Waals surface area contributed by atoms with E-state index >= 15 is 0 Å². The molecule has 2 rings (SSSR count). The summed E-state index contributed by atoms with van der Waals surface area (Å²) in [5.74, 6) is 1.57. The summed E-state index contributed by atoms with van der Waals surface area (Å²) in [5, 5.41) is 10.4. The van der Waals surface area contributed by atoms with E-state index in [1.807, 2.05) is 13.1 Å². The quantitative estimate of drug-likeness (QED) is 0.816. The van der Waals surface area contributed by atoms with Crippen molar-refractivity contribution in [2.24, 2.45) is 0 Å². The average Bonchev–Trinajstić information content (AvgIpc) is 2.85. The number of H-pyrrole nitrogens is 1. The first-order valence-corrected chi connectivity index (χ1v) is 6.33. The van der Waals surface area contributed by atoms with Crippen LogP contribution in [0.15, 0.2) is 12.4 Å². The monoisotopic (exact) mass is 265 g/mol. The van der Waals surface area contributed by atoms with Crippen LogP contribution in [-0.4, -0.2) is 20.2 Å². The second kappa shape index (κ2) is 5.82. The molecule has 0 radical (unpaired) electrons. The highest BCUT2D eigenvalue weighted by atomic mass is 35.5. The maximum Gasteiger partial charge on any atom is 0.137 e. The lowest BCUT2D eigenvalue weighted by Crippen LogP contribution is -2.07. The molecule has 18 heavy (non-hydrogen) atoms. The van der Waals surface area contributed by atoms with Crippen LogP contribution in [0.4, 0.5) is 5.82 Å². The molecule has 5 nitrogen and oxygen atoms in total. The Morgan fingerprint density at radius 2 is 2.22 bits per heavy atom. The van der Waals surface area contributed by atoms with E-state index in [1.165, 1.54) is 0 Å². The van der Waals surface area contributed by atoms with Crippen LogP contribution in [0.25, 0.3) is 0 Å². The molecular formula is C12H16ClN5. The van der Waals surface area contributed by atoms with Gasteiger partial charge < -0.3 is 5.32 Å². The number of aromatic amines is 1. The van der Waals surface area contributed by atoms with Crippen LogP contribution >= 0.6 is 11.6 Å². The first-order chi connectivity index (χ1) is 8.70. The van der Waals surface area contributed by atoms with Crippen molar-refractivity contribution in [3.8, 4) is 0 Å². The number of nitrogens with one attached hydrogen (secondary N) is 2. The Bertz CT molecular complexity index is 509. The summed E-state index contributed by atoms with van der Waals surface area (Å²) in [6.45, 7) is 4.67. The zero-order valence-electron chi connectivity index (χ0n) is 10.5. The fourth-order valence-corrected chi connectivity index (χ4v) is 1.79. The highest BCUT2D eigenvalue weighted by molar-refractivity contribution is 6.30. The van der Waals surface area contributed by atoms with E-state index in [0.717, 1.165) is 35.6 Å². The number of rotatable bonds is 5. The van der Waals surface area contributed by atoms with Gasteiger partial charge in [0, 0.05) is 30.3 Å². The predicted molar refractivity (Wildman–Crippen MR) is 71.7 cm³/mol. The van der Waals surface area contributed by atoms with Crippen LogP contribution in [0.3, 0.4) is 0 Å². The van der Waals surface area contributed by atoms with E-state index in [4.69, 9.17) is 11.6 Å². The Balaban J connectivity index is 2.15. The number of aromatic nitrogens is 4. The van der Waals surface area contributed by atoms with Crippen molar-refractivity contribution in [1.29, 1.82) is 0 Å². The summed E-state index contributed by atoms with van der Waals surface area (Å²) >= 11 is 6.11. The van der Waals surface area contributed by atoms with Crippen LogP contribution in [0.5, 0.6) is 0 Å². The van der Waals surface area contributed by atoms with Gasteiger partial charge in [0.05, 0.1) is 6.20 Å². The fraction of sp³-hybridized carbons (Fsp3) is 0.417. The van der Waals surface area contributed by atoms with E-state index in [9.17, 15) is 0 Å². The molecule has 0 aliphatic rings. The summed E-state index contributed by atoms with van der Waals surface area (Å²) in [5.41, 5.74) is 1.95. The van der Waals surface area contributed by atoms with Gasteiger partial charge in [0.15, 0.2) is 0 Å². The highest BCUT2D eigenvalue weighted by Gasteiger charge is 2.08. The van der Waals surface area contributed by atoms with Crippen molar-refractivity contribution in [3.05, 3.63) is 34.5 Å². The number of nitrogens with zero attached hydrogens (tertiary/aromatic N) is 3. The molecule has 2 heterocycles. The molecule has 0 spiro atoms. The van der Waals surface area contributed by atoms with Gasteiger partial charge in [0.1, 0.15) is 16.8 Å². The molecule has 0 unspecified atom stereocenters. The van der Waals surface area contributed by atoms with Crippen molar-refractivity contribution in [1.82, 2.24) is 20.2 Å². The lowest BCUT2D eigenvalue weighted by atomic mass is 10.3. The Morgan fingerprint density at radius 1 is 1.39 bits per heavy atom.